The molecule has 1 atom stereocenters. The molecule has 1 heterocycles. The molecule has 1 aliphatic rings. The predicted octanol–water partition coefficient (Wildman–Crippen LogP) is 1.62. The van der Waals surface area contributed by atoms with Gasteiger partial charge in [0.15, 0.2) is 0 Å². The van der Waals surface area contributed by atoms with E-state index in [1.54, 1.807) is 0 Å². The molecule has 1 aliphatic heterocycles. The fourth-order valence-electron chi connectivity index (χ4n) is 2.13. The van der Waals surface area contributed by atoms with E-state index in [4.69, 9.17) is 0 Å². The Balaban J connectivity index is 2.19. The van der Waals surface area contributed by atoms with Crippen LogP contribution >= 0.6 is 0 Å². The molecule has 88 valence electrons. The van der Waals surface area contributed by atoms with Gasteiger partial charge in [-0.25, -0.2) is 8.78 Å². The van der Waals surface area contributed by atoms with Gasteiger partial charge >= 0.3 is 0 Å². The van der Waals surface area contributed by atoms with E-state index >= 15 is 0 Å². The number of benzene rings is 1. The molecule has 0 amide bonds. The molecule has 0 saturated carbocycles. The number of halogens is 2. The second-order valence-electron chi connectivity index (χ2n) is 4.38. The molecule has 0 aliphatic carbocycles. The molecular weight excluding hydrogens is 212 g/mol. The van der Waals surface area contributed by atoms with Gasteiger partial charge in [-0.1, -0.05) is 6.07 Å². The Morgan fingerprint density at radius 3 is 2.56 bits per heavy atom. The summed E-state index contributed by atoms with van der Waals surface area (Å²) in [6.07, 6.45) is 1.43. The minimum absolute atomic E-state index is 0.0197. The second kappa shape index (κ2) is 4.47. The van der Waals surface area contributed by atoms with Crippen LogP contribution in [0.4, 0.5) is 8.78 Å². The Hall–Kier alpha value is -1.00. The van der Waals surface area contributed by atoms with Crippen molar-refractivity contribution in [1.29, 1.82) is 0 Å². The summed E-state index contributed by atoms with van der Waals surface area (Å²) in [5.41, 5.74) is -1.05. The molecule has 0 radical (unpaired) electrons. The Kier molecular flexibility index (Phi) is 3.21. The molecular formula is C12H15F2NO. The Bertz CT molecular complexity index is 355. The molecule has 1 aromatic rings. The summed E-state index contributed by atoms with van der Waals surface area (Å²) in [4.78, 5) is 0. The lowest BCUT2D eigenvalue weighted by atomic mass is 9.87. The number of hydrogen-bond acceptors (Lipinski definition) is 2. The first-order chi connectivity index (χ1) is 7.61. The third-order valence-electron chi connectivity index (χ3n) is 3.02. The van der Waals surface area contributed by atoms with Crippen molar-refractivity contribution in [3.63, 3.8) is 0 Å². The number of piperidine rings is 1. The van der Waals surface area contributed by atoms with Crippen LogP contribution in [0.5, 0.6) is 0 Å². The summed E-state index contributed by atoms with van der Waals surface area (Å²) in [5, 5.41) is 13.2. The van der Waals surface area contributed by atoms with E-state index in [-0.39, 0.29) is 12.0 Å². The average Bonchev–Trinajstić information content (AvgIpc) is 2.25. The minimum atomic E-state index is -1.03. The van der Waals surface area contributed by atoms with Crippen LogP contribution in [-0.4, -0.2) is 23.8 Å². The van der Waals surface area contributed by atoms with Crippen LogP contribution in [-0.2, 0) is 6.42 Å². The predicted molar refractivity (Wildman–Crippen MR) is 57.1 cm³/mol. The van der Waals surface area contributed by atoms with E-state index < -0.39 is 17.2 Å². The average molecular weight is 227 g/mol. The summed E-state index contributed by atoms with van der Waals surface area (Å²) in [6.45, 7) is 1.24. The van der Waals surface area contributed by atoms with E-state index in [2.05, 4.69) is 5.32 Å². The van der Waals surface area contributed by atoms with Gasteiger partial charge in [0.05, 0.1) is 5.60 Å². The lowest BCUT2D eigenvalue weighted by Gasteiger charge is -2.32. The van der Waals surface area contributed by atoms with Gasteiger partial charge in [-0.05, 0) is 31.5 Å². The van der Waals surface area contributed by atoms with Crippen molar-refractivity contribution >= 4 is 0 Å². The number of β-amino-alcohol motifs (C(OH)–C–C–N with tert-alkyl or cyclic N) is 1. The molecule has 2 rings (SSSR count). The monoisotopic (exact) mass is 227 g/mol. The molecule has 2 nitrogen and oxygen atoms in total. The van der Waals surface area contributed by atoms with Crippen LogP contribution in [0.15, 0.2) is 18.2 Å². The summed E-state index contributed by atoms with van der Waals surface area (Å²) in [7, 11) is 0. The zero-order valence-electron chi connectivity index (χ0n) is 8.97. The number of rotatable bonds is 2. The molecule has 1 unspecified atom stereocenters. The topological polar surface area (TPSA) is 32.3 Å². The summed E-state index contributed by atoms with van der Waals surface area (Å²) in [5.74, 6) is -1.17. The first-order valence-electron chi connectivity index (χ1n) is 5.47. The highest BCUT2D eigenvalue weighted by molar-refractivity contribution is 5.22. The molecule has 1 aromatic carbocycles. The van der Waals surface area contributed by atoms with Crippen molar-refractivity contribution in [3.05, 3.63) is 35.4 Å². The first-order valence-corrected chi connectivity index (χ1v) is 5.47. The largest absolute Gasteiger partial charge is 0.388 e. The van der Waals surface area contributed by atoms with Crippen LogP contribution < -0.4 is 5.32 Å². The minimum Gasteiger partial charge on any atom is -0.388 e. The zero-order valence-corrected chi connectivity index (χ0v) is 8.97. The fourth-order valence-corrected chi connectivity index (χ4v) is 2.13. The standard InChI is InChI=1S/C12H15F2NO/c13-10-3-1-4-11(14)9(10)7-12(16)5-2-6-15-8-12/h1,3-4,15-16H,2,5-8H2. The van der Waals surface area contributed by atoms with Crippen LogP contribution in [0.25, 0.3) is 0 Å². The highest BCUT2D eigenvalue weighted by Crippen LogP contribution is 2.24. The number of nitrogens with one attached hydrogen (secondary N) is 1. The summed E-state index contributed by atoms with van der Waals surface area (Å²) >= 11 is 0. The van der Waals surface area contributed by atoms with Crippen molar-refractivity contribution in [3.8, 4) is 0 Å². The highest BCUT2D eigenvalue weighted by atomic mass is 19.1. The van der Waals surface area contributed by atoms with Crippen molar-refractivity contribution in [1.82, 2.24) is 5.32 Å². The van der Waals surface area contributed by atoms with Crippen molar-refractivity contribution in [2.75, 3.05) is 13.1 Å². The SMILES string of the molecule is OC1(Cc2c(F)cccc2F)CCCNC1. The smallest absolute Gasteiger partial charge is 0.129 e. The molecule has 0 bridgehead atoms. The summed E-state index contributed by atoms with van der Waals surface area (Å²) < 4.78 is 26.8. The van der Waals surface area contributed by atoms with Gasteiger partial charge in [0, 0.05) is 18.5 Å². The van der Waals surface area contributed by atoms with Crippen molar-refractivity contribution < 1.29 is 13.9 Å². The molecule has 16 heavy (non-hydrogen) atoms. The molecule has 2 N–H and O–H groups in total. The van der Waals surface area contributed by atoms with Gasteiger partial charge in [-0.2, -0.15) is 0 Å². The van der Waals surface area contributed by atoms with Gasteiger partial charge in [-0.3, -0.25) is 0 Å². The highest BCUT2D eigenvalue weighted by Gasteiger charge is 2.31. The third-order valence-corrected chi connectivity index (χ3v) is 3.02. The lowest BCUT2D eigenvalue weighted by molar-refractivity contribution is 0.0154. The van der Waals surface area contributed by atoms with Crippen LogP contribution in [0.2, 0.25) is 0 Å². The van der Waals surface area contributed by atoms with E-state index in [9.17, 15) is 13.9 Å². The molecule has 0 aromatic heterocycles. The van der Waals surface area contributed by atoms with Gasteiger partial charge in [0.1, 0.15) is 11.6 Å². The van der Waals surface area contributed by atoms with Crippen LogP contribution in [0.3, 0.4) is 0 Å². The number of aliphatic hydroxyl groups is 1. The van der Waals surface area contributed by atoms with Gasteiger partial charge in [0.2, 0.25) is 0 Å². The van der Waals surface area contributed by atoms with Crippen molar-refractivity contribution in [2.45, 2.75) is 24.9 Å². The maximum atomic E-state index is 13.4. The quantitative estimate of drug-likeness (QED) is 0.804. The zero-order chi connectivity index (χ0) is 11.6. The van der Waals surface area contributed by atoms with E-state index in [0.717, 1.165) is 13.0 Å². The van der Waals surface area contributed by atoms with Gasteiger partial charge < -0.3 is 10.4 Å². The lowest BCUT2D eigenvalue weighted by Crippen LogP contribution is -2.47. The summed E-state index contributed by atoms with van der Waals surface area (Å²) in [6, 6.07) is 3.77. The fraction of sp³-hybridized carbons (Fsp3) is 0.500. The van der Waals surface area contributed by atoms with Crippen LogP contribution in [0, 0.1) is 11.6 Å². The van der Waals surface area contributed by atoms with E-state index in [1.165, 1.54) is 18.2 Å². The molecule has 4 heteroatoms. The normalized spacial score (nSPS) is 25.7. The Morgan fingerprint density at radius 1 is 1.31 bits per heavy atom. The Labute approximate surface area is 93.3 Å². The van der Waals surface area contributed by atoms with Crippen molar-refractivity contribution in [2.24, 2.45) is 0 Å². The maximum absolute atomic E-state index is 13.4. The van der Waals surface area contributed by atoms with E-state index in [1.807, 2.05) is 0 Å². The Morgan fingerprint density at radius 2 is 2.00 bits per heavy atom. The maximum Gasteiger partial charge on any atom is 0.129 e. The van der Waals surface area contributed by atoms with E-state index in [0.29, 0.717) is 13.0 Å². The first kappa shape index (κ1) is 11.5. The third kappa shape index (κ3) is 2.39. The molecule has 1 saturated heterocycles. The van der Waals surface area contributed by atoms with Gasteiger partial charge in [0.25, 0.3) is 0 Å². The van der Waals surface area contributed by atoms with Crippen LogP contribution in [0.1, 0.15) is 18.4 Å². The second-order valence-corrected chi connectivity index (χ2v) is 4.38. The molecule has 1 fully saturated rings. The number of hydrogen-bond donors (Lipinski definition) is 2. The molecule has 0 spiro atoms. The van der Waals surface area contributed by atoms with Gasteiger partial charge in [-0.15, -0.1) is 0 Å².